The molecular weight excluding hydrogens is 314 g/mol. The molecule has 1 saturated carbocycles. The smallest absolute Gasteiger partial charge is 0.123 e. The van der Waals surface area contributed by atoms with Gasteiger partial charge in [0.1, 0.15) is 5.75 Å². The fraction of sp³-hybridized carbons (Fsp3) is 0.294. The fourth-order valence-electron chi connectivity index (χ4n) is 2.89. The summed E-state index contributed by atoms with van der Waals surface area (Å²) in [6.07, 6.45) is 1.15. The second-order valence-electron chi connectivity index (χ2n) is 5.33. The Labute approximate surface area is 128 Å². The van der Waals surface area contributed by atoms with Gasteiger partial charge in [-0.1, -0.05) is 46.3 Å². The van der Waals surface area contributed by atoms with E-state index in [1.165, 1.54) is 5.56 Å². The molecular formula is C17H18BrNO. The van der Waals surface area contributed by atoms with E-state index in [0.717, 1.165) is 22.2 Å². The second kappa shape index (κ2) is 5.58. The number of hydrogen-bond acceptors (Lipinski definition) is 2. The Balaban J connectivity index is 1.81. The minimum absolute atomic E-state index is 0.0210. The van der Waals surface area contributed by atoms with Crippen molar-refractivity contribution in [2.75, 3.05) is 7.11 Å². The van der Waals surface area contributed by atoms with Crippen molar-refractivity contribution in [3.05, 3.63) is 64.1 Å². The average molecular weight is 332 g/mol. The third kappa shape index (κ3) is 2.60. The van der Waals surface area contributed by atoms with Crippen molar-refractivity contribution >= 4 is 15.9 Å². The molecule has 2 N–H and O–H groups in total. The molecule has 20 heavy (non-hydrogen) atoms. The summed E-state index contributed by atoms with van der Waals surface area (Å²) in [5, 5.41) is 0. The normalized spacial score (nSPS) is 22.4. The highest BCUT2D eigenvalue weighted by Gasteiger charge is 2.43. The van der Waals surface area contributed by atoms with Gasteiger partial charge in [-0.2, -0.15) is 0 Å². The number of hydrogen-bond donors (Lipinski definition) is 1. The van der Waals surface area contributed by atoms with Crippen molar-refractivity contribution in [3.63, 3.8) is 0 Å². The Morgan fingerprint density at radius 1 is 1.20 bits per heavy atom. The van der Waals surface area contributed by atoms with Crippen LogP contribution in [0.15, 0.2) is 53.0 Å². The molecule has 1 aliphatic rings. The molecule has 0 aliphatic heterocycles. The van der Waals surface area contributed by atoms with Crippen LogP contribution >= 0.6 is 15.9 Å². The van der Waals surface area contributed by atoms with Crippen LogP contribution in [0.4, 0.5) is 0 Å². The predicted molar refractivity (Wildman–Crippen MR) is 84.9 cm³/mol. The zero-order chi connectivity index (χ0) is 14.1. The lowest BCUT2D eigenvalue weighted by molar-refractivity contribution is 0.402. The molecule has 1 aliphatic carbocycles. The molecule has 2 nitrogen and oxygen atoms in total. The first-order valence-electron chi connectivity index (χ1n) is 6.84. The van der Waals surface area contributed by atoms with Crippen LogP contribution in [0.1, 0.15) is 29.5 Å². The van der Waals surface area contributed by atoms with Crippen molar-refractivity contribution < 1.29 is 4.74 Å². The molecule has 3 unspecified atom stereocenters. The Hall–Kier alpha value is -1.32. The van der Waals surface area contributed by atoms with Gasteiger partial charge in [-0.15, -0.1) is 0 Å². The summed E-state index contributed by atoms with van der Waals surface area (Å²) in [5.74, 6) is 1.95. The van der Waals surface area contributed by atoms with Crippen molar-refractivity contribution in [1.82, 2.24) is 0 Å². The van der Waals surface area contributed by atoms with Crippen LogP contribution in [0, 0.1) is 5.92 Å². The Morgan fingerprint density at radius 2 is 1.95 bits per heavy atom. The summed E-state index contributed by atoms with van der Waals surface area (Å²) < 4.78 is 6.48. The maximum absolute atomic E-state index is 6.47. The van der Waals surface area contributed by atoms with E-state index in [-0.39, 0.29) is 6.04 Å². The first-order valence-corrected chi connectivity index (χ1v) is 7.64. The quantitative estimate of drug-likeness (QED) is 0.908. The van der Waals surface area contributed by atoms with Crippen LogP contribution in [0.5, 0.6) is 5.75 Å². The third-order valence-corrected chi connectivity index (χ3v) is 4.57. The summed E-state index contributed by atoms with van der Waals surface area (Å²) in [5.41, 5.74) is 8.95. The molecule has 2 aromatic carbocycles. The maximum atomic E-state index is 6.47. The molecule has 104 valence electrons. The van der Waals surface area contributed by atoms with E-state index >= 15 is 0 Å². The van der Waals surface area contributed by atoms with E-state index in [0.29, 0.717) is 11.8 Å². The fourth-order valence-corrected chi connectivity index (χ4v) is 3.27. The van der Waals surface area contributed by atoms with Crippen LogP contribution in [0.3, 0.4) is 0 Å². The lowest BCUT2D eigenvalue weighted by atomic mass is 9.99. The van der Waals surface area contributed by atoms with Gasteiger partial charge >= 0.3 is 0 Å². The molecule has 0 radical (unpaired) electrons. The van der Waals surface area contributed by atoms with Gasteiger partial charge in [0.05, 0.1) is 7.11 Å². The lowest BCUT2D eigenvalue weighted by Gasteiger charge is -2.16. The van der Waals surface area contributed by atoms with Gasteiger partial charge in [0.25, 0.3) is 0 Å². The van der Waals surface area contributed by atoms with Gasteiger partial charge in [-0.25, -0.2) is 0 Å². The highest BCUT2D eigenvalue weighted by molar-refractivity contribution is 9.10. The van der Waals surface area contributed by atoms with E-state index in [1.807, 2.05) is 12.1 Å². The average Bonchev–Trinajstić information content (AvgIpc) is 3.28. The van der Waals surface area contributed by atoms with Crippen LogP contribution in [-0.4, -0.2) is 7.11 Å². The summed E-state index contributed by atoms with van der Waals surface area (Å²) >= 11 is 3.51. The number of halogens is 1. The van der Waals surface area contributed by atoms with E-state index in [9.17, 15) is 0 Å². The van der Waals surface area contributed by atoms with Crippen LogP contribution < -0.4 is 10.5 Å². The molecule has 0 heterocycles. The summed E-state index contributed by atoms with van der Waals surface area (Å²) in [7, 11) is 1.70. The summed E-state index contributed by atoms with van der Waals surface area (Å²) in [6, 6.07) is 16.7. The van der Waals surface area contributed by atoms with Gasteiger partial charge in [-0.3, -0.25) is 0 Å². The Bertz CT molecular complexity index is 599. The minimum Gasteiger partial charge on any atom is -0.496 e. The monoisotopic (exact) mass is 331 g/mol. The van der Waals surface area contributed by atoms with E-state index in [1.54, 1.807) is 7.11 Å². The Morgan fingerprint density at radius 3 is 2.65 bits per heavy atom. The topological polar surface area (TPSA) is 35.2 Å². The van der Waals surface area contributed by atoms with Crippen molar-refractivity contribution in [2.45, 2.75) is 18.4 Å². The standard InChI is InChI=1S/C17H18BrNO/c1-20-16-8-7-12(18)9-15(16)17(19)14-10-13(14)11-5-3-2-4-6-11/h2-9,13-14,17H,10,19H2,1H3. The second-order valence-corrected chi connectivity index (χ2v) is 6.24. The van der Waals surface area contributed by atoms with E-state index in [2.05, 4.69) is 52.3 Å². The van der Waals surface area contributed by atoms with Crippen LogP contribution in [0.25, 0.3) is 0 Å². The molecule has 0 bridgehead atoms. The number of rotatable bonds is 4. The lowest BCUT2D eigenvalue weighted by Crippen LogP contribution is -2.14. The highest BCUT2D eigenvalue weighted by Crippen LogP contribution is 2.54. The largest absolute Gasteiger partial charge is 0.496 e. The predicted octanol–water partition coefficient (Wildman–Crippen LogP) is 4.26. The molecule has 0 saturated heterocycles. The zero-order valence-electron chi connectivity index (χ0n) is 11.4. The first kappa shape index (κ1) is 13.7. The molecule has 0 spiro atoms. The highest BCUT2D eigenvalue weighted by atomic mass is 79.9. The zero-order valence-corrected chi connectivity index (χ0v) is 13.0. The number of ether oxygens (including phenoxy) is 1. The maximum Gasteiger partial charge on any atom is 0.123 e. The summed E-state index contributed by atoms with van der Waals surface area (Å²) in [4.78, 5) is 0. The van der Waals surface area contributed by atoms with Crippen LogP contribution in [0.2, 0.25) is 0 Å². The third-order valence-electron chi connectivity index (χ3n) is 4.08. The molecule has 3 rings (SSSR count). The number of methoxy groups -OCH3 is 1. The van der Waals surface area contributed by atoms with Crippen molar-refractivity contribution in [3.8, 4) is 5.75 Å². The molecule has 3 atom stereocenters. The number of benzene rings is 2. The van der Waals surface area contributed by atoms with Crippen LogP contribution in [-0.2, 0) is 0 Å². The SMILES string of the molecule is COc1ccc(Br)cc1C(N)C1CC1c1ccccc1. The minimum atomic E-state index is 0.0210. The Kier molecular flexibility index (Phi) is 3.81. The van der Waals surface area contributed by atoms with Gasteiger partial charge in [0.15, 0.2) is 0 Å². The summed E-state index contributed by atoms with van der Waals surface area (Å²) in [6.45, 7) is 0. The molecule has 0 amide bonds. The van der Waals surface area contributed by atoms with Gasteiger partial charge < -0.3 is 10.5 Å². The van der Waals surface area contributed by atoms with E-state index < -0.39 is 0 Å². The molecule has 0 aromatic heterocycles. The van der Waals surface area contributed by atoms with E-state index in [4.69, 9.17) is 10.5 Å². The number of nitrogens with two attached hydrogens (primary N) is 1. The molecule has 2 aromatic rings. The first-order chi connectivity index (χ1) is 9.70. The molecule has 1 fully saturated rings. The van der Waals surface area contributed by atoms with Gasteiger partial charge in [0.2, 0.25) is 0 Å². The molecule has 3 heteroatoms. The van der Waals surface area contributed by atoms with Crippen molar-refractivity contribution in [2.24, 2.45) is 11.7 Å². The van der Waals surface area contributed by atoms with Gasteiger partial charge in [-0.05, 0) is 42.0 Å². The van der Waals surface area contributed by atoms with Gasteiger partial charge in [0, 0.05) is 16.1 Å². The van der Waals surface area contributed by atoms with Crippen molar-refractivity contribution in [1.29, 1.82) is 0 Å².